The Labute approximate surface area is 137 Å². The maximum absolute atomic E-state index is 5.73. The van der Waals surface area contributed by atoms with Gasteiger partial charge in [0, 0.05) is 15.4 Å². The molecule has 0 bridgehead atoms. The van der Waals surface area contributed by atoms with E-state index in [9.17, 15) is 0 Å². The van der Waals surface area contributed by atoms with Crippen LogP contribution in [0.1, 0.15) is 30.5 Å². The van der Waals surface area contributed by atoms with Crippen molar-refractivity contribution in [1.29, 1.82) is 0 Å². The summed E-state index contributed by atoms with van der Waals surface area (Å²) in [5, 5.41) is 0. The quantitative estimate of drug-likeness (QED) is 0.560. The van der Waals surface area contributed by atoms with E-state index in [1.165, 1.54) is 5.56 Å². The largest absolute Gasteiger partial charge is 0.493 e. The van der Waals surface area contributed by atoms with E-state index in [2.05, 4.69) is 31.7 Å². The molecule has 0 spiro atoms. The number of thiol groups is 2. The van der Waals surface area contributed by atoms with Crippen LogP contribution in [0.2, 0.25) is 0 Å². The highest BCUT2D eigenvalue weighted by molar-refractivity contribution is 7.96. The summed E-state index contributed by atoms with van der Waals surface area (Å²) < 4.78 is 5.73. The Morgan fingerprint density at radius 3 is 2.29 bits per heavy atom. The zero-order valence-corrected chi connectivity index (χ0v) is 14.1. The molecule has 2 aromatic carbocycles. The molecule has 0 aliphatic rings. The van der Waals surface area contributed by atoms with E-state index in [0.717, 1.165) is 33.1 Å². The van der Waals surface area contributed by atoms with Crippen LogP contribution in [0.3, 0.4) is 0 Å². The van der Waals surface area contributed by atoms with Crippen LogP contribution in [-0.4, -0.2) is 6.61 Å². The van der Waals surface area contributed by atoms with Crippen LogP contribution in [0, 0.1) is 0 Å². The molecule has 3 heteroatoms. The molecule has 1 nitrogen and oxygen atoms in total. The van der Waals surface area contributed by atoms with Crippen LogP contribution < -0.4 is 4.74 Å². The Morgan fingerprint density at radius 1 is 0.952 bits per heavy atom. The van der Waals surface area contributed by atoms with Crippen molar-refractivity contribution in [2.24, 2.45) is 0 Å². The second-order valence-electron chi connectivity index (χ2n) is 4.68. The number of hydrogen-bond acceptors (Lipinski definition) is 3. The van der Waals surface area contributed by atoms with E-state index in [1.807, 2.05) is 43.3 Å². The Hall–Kier alpha value is -1.32. The topological polar surface area (TPSA) is 9.23 Å². The summed E-state index contributed by atoms with van der Waals surface area (Å²) in [5.41, 5.74) is 3.30. The van der Waals surface area contributed by atoms with Crippen molar-refractivity contribution in [3.8, 4) is 5.75 Å². The van der Waals surface area contributed by atoms with E-state index in [0.29, 0.717) is 6.61 Å². The molecule has 110 valence electrons. The summed E-state index contributed by atoms with van der Waals surface area (Å²) in [5.74, 6) is 0.849. The zero-order chi connectivity index (χ0) is 15.2. The first-order valence-corrected chi connectivity index (χ1v) is 8.00. The van der Waals surface area contributed by atoms with Gasteiger partial charge in [-0.05, 0) is 36.6 Å². The molecule has 0 aliphatic heterocycles. The first kappa shape index (κ1) is 16.1. The van der Waals surface area contributed by atoms with Crippen molar-refractivity contribution in [2.75, 3.05) is 6.61 Å². The van der Waals surface area contributed by atoms with E-state index < -0.39 is 0 Å². The van der Waals surface area contributed by atoms with Gasteiger partial charge < -0.3 is 4.74 Å². The number of aryl methyl sites for hydroxylation is 1. The first-order chi connectivity index (χ1) is 10.2. The van der Waals surface area contributed by atoms with Crippen LogP contribution in [0.15, 0.2) is 48.5 Å². The fraction of sp³-hybridized carbons (Fsp3) is 0.222. The van der Waals surface area contributed by atoms with Crippen LogP contribution >= 0.6 is 25.3 Å². The van der Waals surface area contributed by atoms with Gasteiger partial charge in [-0.2, -0.15) is 0 Å². The molecule has 0 amide bonds. The Morgan fingerprint density at radius 2 is 1.67 bits per heavy atom. The highest BCUT2D eigenvalue weighted by atomic mass is 32.1. The van der Waals surface area contributed by atoms with Gasteiger partial charge in [-0.3, -0.25) is 0 Å². The minimum absolute atomic E-state index is 0.632. The monoisotopic (exact) mass is 316 g/mol. The van der Waals surface area contributed by atoms with E-state index in [-0.39, 0.29) is 0 Å². The number of hydrogen-bond donors (Lipinski definition) is 2. The molecule has 2 aromatic rings. The molecule has 0 N–H and O–H groups in total. The van der Waals surface area contributed by atoms with Crippen molar-refractivity contribution < 1.29 is 4.74 Å². The number of rotatable bonds is 5. The van der Waals surface area contributed by atoms with Crippen molar-refractivity contribution in [2.45, 2.75) is 20.3 Å². The first-order valence-electron chi connectivity index (χ1n) is 7.11. The minimum Gasteiger partial charge on any atom is -0.493 e. The van der Waals surface area contributed by atoms with Crippen LogP contribution in [0.5, 0.6) is 5.75 Å². The lowest BCUT2D eigenvalue weighted by molar-refractivity contribution is 0.339. The van der Waals surface area contributed by atoms with Crippen molar-refractivity contribution in [3.05, 3.63) is 65.2 Å². The molecule has 21 heavy (non-hydrogen) atoms. The normalized spacial score (nSPS) is 12.0. The summed E-state index contributed by atoms with van der Waals surface area (Å²) in [6.07, 6.45) is 0.980. The molecular weight excluding hydrogens is 296 g/mol. The highest BCUT2D eigenvalue weighted by Crippen LogP contribution is 2.37. The summed E-state index contributed by atoms with van der Waals surface area (Å²) in [4.78, 5) is 1.69. The lowest BCUT2D eigenvalue weighted by Gasteiger charge is -2.14. The highest BCUT2D eigenvalue weighted by Gasteiger charge is 2.11. The zero-order valence-electron chi connectivity index (χ0n) is 12.3. The lowest BCUT2D eigenvalue weighted by Crippen LogP contribution is -1.97. The van der Waals surface area contributed by atoms with E-state index in [1.54, 1.807) is 0 Å². The minimum atomic E-state index is 0.632. The van der Waals surface area contributed by atoms with Gasteiger partial charge in [0.1, 0.15) is 5.75 Å². The summed E-state index contributed by atoms with van der Waals surface area (Å²) in [7, 11) is 0. The Balaban J connectivity index is 2.52. The van der Waals surface area contributed by atoms with Crippen molar-refractivity contribution in [3.63, 3.8) is 0 Å². The van der Waals surface area contributed by atoms with Gasteiger partial charge in [0.05, 0.1) is 6.61 Å². The SMILES string of the molecule is CCOc1ccc(CC)cc1/C(S)=C(/S)c1ccccc1. The van der Waals surface area contributed by atoms with Crippen molar-refractivity contribution in [1.82, 2.24) is 0 Å². The third-order valence-electron chi connectivity index (χ3n) is 3.28. The summed E-state index contributed by atoms with van der Waals surface area (Å²) in [6.45, 7) is 4.76. The lowest BCUT2D eigenvalue weighted by atomic mass is 10.1. The third kappa shape index (κ3) is 3.86. The van der Waals surface area contributed by atoms with Gasteiger partial charge in [0.25, 0.3) is 0 Å². The van der Waals surface area contributed by atoms with Crippen LogP contribution in [0.25, 0.3) is 9.81 Å². The summed E-state index contributed by atoms with van der Waals surface area (Å²) in [6, 6.07) is 16.3. The Bertz CT molecular complexity index is 633. The van der Waals surface area contributed by atoms with Gasteiger partial charge in [-0.25, -0.2) is 0 Å². The smallest absolute Gasteiger partial charge is 0.127 e. The average molecular weight is 316 g/mol. The molecule has 0 aliphatic carbocycles. The second kappa shape index (κ2) is 7.62. The molecule has 0 radical (unpaired) electrons. The fourth-order valence-electron chi connectivity index (χ4n) is 2.12. The van der Waals surface area contributed by atoms with Gasteiger partial charge >= 0.3 is 0 Å². The molecule has 0 aromatic heterocycles. The average Bonchev–Trinajstić information content (AvgIpc) is 2.55. The summed E-state index contributed by atoms with van der Waals surface area (Å²) >= 11 is 9.35. The third-order valence-corrected chi connectivity index (χ3v) is 4.40. The molecular formula is C18H20OS2. The maximum Gasteiger partial charge on any atom is 0.127 e. The van der Waals surface area contributed by atoms with Gasteiger partial charge in [-0.1, -0.05) is 43.3 Å². The predicted octanol–water partition coefficient (Wildman–Crippen LogP) is 5.33. The molecule has 0 fully saturated rings. The molecule has 0 unspecified atom stereocenters. The van der Waals surface area contributed by atoms with Crippen LogP contribution in [-0.2, 0) is 6.42 Å². The number of ether oxygens (including phenoxy) is 1. The standard InChI is InChI=1S/C18H20OS2/c1-3-13-10-11-16(19-4-2)15(12-13)18(21)17(20)14-8-6-5-7-9-14/h5-12,20-21H,3-4H2,1-2H3/b18-17-. The maximum atomic E-state index is 5.73. The number of benzene rings is 2. The Kier molecular flexibility index (Phi) is 5.83. The molecule has 0 saturated heterocycles. The van der Waals surface area contributed by atoms with E-state index >= 15 is 0 Å². The van der Waals surface area contributed by atoms with Crippen LogP contribution in [0.4, 0.5) is 0 Å². The van der Waals surface area contributed by atoms with Crippen molar-refractivity contribution >= 4 is 35.1 Å². The molecule has 0 saturated carbocycles. The van der Waals surface area contributed by atoms with Gasteiger partial charge in [0.15, 0.2) is 0 Å². The molecule has 0 heterocycles. The fourth-order valence-corrected chi connectivity index (χ4v) is 2.70. The molecule has 0 atom stereocenters. The van der Waals surface area contributed by atoms with Gasteiger partial charge in [0.2, 0.25) is 0 Å². The van der Waals surface area contributed by atoms with E-state index in [4.69, 9.17) is 17.4 Å². The van der Waals surface area contributed by atoms with Gasteiger partial charge in [-0.15, -0.1) is 25.3 Å². The second-order valence-corrected chi connectivity index (χ2v) is 5.57. The predicted molar refractivity (Wildman–Crippen MR) is 98.2 cm³/mol. The molecule has 2 rings (SSSR count).